The van der Waals surface area contributed by atoms with Crippen LogP contribution >= 0.6 is 11.3 Å². The number of aliphatic hydroxyl groups excluding tert-OH is 1. The maximum Gasteiger partial charge on any atom is 0.333 e. The molecule has 0 spiro atoms. The molecule has 3 heterocycles. The van der Waals surface area contributed by atoms with Crippen molar-refractivity contribution in [1.82, 2.24) is 24.1 Å². The van der Waals surface area contributed by atoms with E-state index < -0.39 is 33.9 Å². The molecule has 218 valence electrons. The predicted octanol–water partition coefficient (Wildman–Crippen LogP) is 2.25. The van der Waals surface area contributed by atoms with E-state index in [1.54, 1.807) is 20.8 Å². The van der Waals surface area contributed by atoms with Gasteiger partial charge >= 0.3 is 5.69 Å². The number of aryl methyl sites for hydroxylation is 3. The minimum absolute atomic E-state index is 0.0660. The summed E-state index contributed by atoms with van der Waals surface area (Å²) in [4.78, 5) is 41.0. The van der Waals surface area contributed by atoms with Crippen LogP contribution in [0, 0.1) is 29.5 Å². The van der Waals surface area contributed by atoms with Gasteiger partial charge in [0.2, 0.25) is 5.91 Å². The third kappa shape index (κ3) is 6.21. The normalized spacial score (nSPS) is 11.6. The van der Waals surface area contributed by atoms with Crippen LogP contribution in [-0.2, 0) is 23.3 Å². The van der Waals surface area contributed by atoms with Gasteiger partial charge in [-0.15, -0.1) is 4.80 Å². The number of thiophene rings is 1. The minimum atomic E-state index is -1.58. The number of fused-ring (bicyclic) bond motifs is 1. The Balaban J connectivity index is 0.000000587. The first kappa shape index (κ1) is 31.2. The van der Waals surface area contributed by atoms with Crippen molar-refractivity contribution in [2.24, 2.45) is 11.1 Å². The molecule has 0 aliphatic heterocycles. The van der Waals surface area contributed by atoms with Gasteiger partial charge in [0.15, 0.2) is 0 Å². The molecule has 41 heavy (non-hydrogen) atoms. The largest absolute Gasteiger partial charge is 0.496 e. The summed E-state index contributed by atoms with van der Waals surface area (Å²) in [6, 6.07) is 6.07. The number of carbonyl (C=O) groups excluding carboxylic acids is 1. The Morgan fingerprint density at radius 1 is 1.22 bits per heavy atom. The number of hydrogen-bond donors (Lipinski definition) is 2. The van der Waals surface area contributed by atoms with Crippen molar-refractivity contribution in [1.29, 1.82) is 5.26 Å². The molecule has 4 rings (SSSR count). The highest BCUT2D eigenvalue weighted by Gasteiger charge is 2.34. The zero-order valence-electron chi connectivity index (χ0n) is 23.6. The highest BCUT2D eigenvalue weighted by molar-refractivity contribution is 7.21. The van der Waals surface area contributed by atoms with Crippen LogP contribution in [0.25, 0.3) is 15.2 Å². The molecule has 1 aromatic carbocycles. The molecule has 1 amide bonds. The van der Waals surface area contributed by atoms with Gasteiger partial charge < -0.3 is 15.6 Å². The van der Waals surface area contributed by atoms with Gasteiger partial charge in [0.1, 0.15) is 26.9 Å². The number of primary amides is 1. The van der Waals surface area contributed by atoms with E-state index in [-0.39, 0.29) is 25.0 Å². The number of carbonyl (C=O) groups is 1. The van der Waals surface area contributed by atoms with Crippen LogP contribution in [-0.4, -0.2) is 48.9 Å². The van der Waals surface area contributed by atoms with Crippen molar-refractivity contribution in [3.8, 4) is 16.8 Å². The molecule has 0 atom stereocenters. The van der Waals surface area contributed by atoms with Gasteiger partial charge in [0, 0.05) is 12.1 Å². The molecule has 0 aliphatic rings. The van der Waals surface area contributed by atoms with Crippen molar-refractivity contribution in [3.05, 3.63) is 68.4 Å². The molecular weight excluding hydrogens is 553 g/mol. The fourth-order valence-electron chi connectivity index (χ4n) is 3.86. The Kier molecular flexibility index (Phi) is 9.15. The fraction of sp³-hybridized carbons (Fsp3) is 0.407. The summed E-state index contributed by atoms with van der Waals surface area (Å²) in [6.45, 7) is 7.97. The van der Waals surface area contributed by atoms with Crippen LogP contribution in [0.5, 0.6) is 5.75 Å². The van der Waals surface area contributed by atoms with E-state index in [0.29, 0.717) is 26.7 Å². The number of nitrogens with zero attached hydrogens (tertiary/aromatic N) is 6. The Labute approximate surface area is 239 Å². The molecule has 3 aromatic heterocycles. The van der Waals surface area contributed by atoms with E-state index in [4.69, 9.17) is 20.8 Å². The van der Waals surface area contributed by atoms with Gasteiger partial charge in [-0.05, 0) is 64.8 Å². The second-order valence-electron chi connectivity index (χ2n) is 10.4. The number of halogens is 1. The van der Waals surface area contributed by atoms with Crippen molar-refractivity contribution in [2.75, 3.05) is 13.7 Å². The summed E-state index contributed by atoms with van der Waals surface area (Å²) in [5, 5.41) is 25.6. The van der Waals surface area contributed by atoms with E-state index in [2.05, 4.69) is 10.2 Å². The van der Waals surface area contributed by atoms with Gasteiger partial charge in [-0.2, -0.15) is 15.5 Å². The lowest BCUT2D eigenvalue weighted by atomic mass is 9.98. The summed E-state index contributed by atoms with van der Waals surface area (Å²) in [5.41, 5.74) is 3.20. The van der Waals surface area contributed by atoms with Gasteiger partial charge in [0.25, 0.3) is 5.56 Å². The lowest BCUT2D eigenvalue weighted by molar-refractivity contribution is -0.125. The topological polar surface area (TPSA) is 171 Å². The number of benzene rings is 1. The molecule has 0 unspecified atom stereocenters. The standard InChI is InChI=1S/C22H23FN6O4S.C5H9NO/c1-12-16-17(30)28(22(2,3)20(24)31)21(32)27(19(16)34-18(12)29-25-8-9-26-29)10-7-13-11-14(23)5-6-15(13)33-4;1-5(2,3-6)4-7/h5-6,8-9,11H,7,10H2,1-4H3,(H2,24,31);7H,4H2,1-2H3. The van der Waals surface area contributed by atoms with E-state index in [9.17, 15) is 18.8 Å². The second-order valence-corrected chi connectivity index (χ2v) is 11.4. The van der Waals surface area contributed by atoms with E-state index in [1.807, 2.05) is 6.07 Å². The third-order valence-electron chi connectivity index (χ3n) is 6.49. The van der Waals surface area contributed by atoms with Crippen molar-refractivity contribution in [3.63, 3.8) is 0 Å². The number of nitriles is 1. The predicted molar refractivity (Wildman–Crippen MR) is 152 cm³/mol. The first-order chi connectivity index (χ1) is 19.2. The third-order valence-corrected chi connectivity index (χ3v) is 7.78. The fourth-order valence-corrected chi connectivity index (χ4v) is 5.09. The number of rotatable bonds is 8. The number of aliphatic hydroxyl groups is 1. The summed E-state index contributed by atoms with van der Waals surface area (Å²) < 4.78 is 21.5. The average molecular weight is 586 g/mol. The van der Waals surface area contributed by atoms with E-state index >= 15 is 0 Å². The van der Waals surface area contributed by atoms with E-state index in [0.717, 1.165) is 4.57 Å². The molecule has 0 bridgehead atoms. The van der Waals surface area contributed by atoms with Crippen LogP contribution in [0.3, 0.4) is 0 Å². The molecule has 0 radical (unpaired) electrons. The number of aromatic nitrogens is 5. The lowest BCUT2D eigenvalue weighted by Crippen LogP contribution is -2.54. The molecule has 12 nitrogen and oxygen atoms in total. The van der Waals surface area contributed by atoms with Crippen LogP contribution in [0.15, 0.2) is 40.2 Å². The number of amides is 1. The smallest absolute Gasteiger partial charge is 0.333 e. The maximum absolute atomic E-state index is 13.9. The van der Waals surface area contributed by atoms with Crippen molar-refractivity contribution in [2.45, 2.75) is 53.1 Å². The summed E-state index contributed by atoms with van der Waals surface area (Å²) in [7, 11) is 1.47. The number of nitrogens with two attached hydrogens (primary N) is 1. The quantitative estimate of drug-likeness (QED) is 0.317. The average Bonchev–Trinajstić information content (AvgIpc) is 3.57. The molecule has 0 saturated heterocycles. The Hall–Kier alpha value is -4.35. The van der Waals surface area contributed by atoms with Gasteiger partial charge in [-0.25, -0.2) is 13.8 Å². The van der Waals surface area contributed by atoms with Crippen LogP contribution in [0.2, 0.25) is 0 Å². The molecule has 3 N–H and O–H groups in total. The lowest BCUT2D eigenvalue weighted by Gasteiger charge is -2.24. The SMILES string of the molecule is CC(C)(C#N)CO.COc1ccc(F)cc1CCn1c(=O)n(C(C)(C)C(N)=O)c(=O)c2c(C)c(-n3nccn3)sc21. The number of hydrogen-bond acceptors (Lipinski definition) is 9. The Morgan fingerprint density at radius 3 is 2.37 bits per heavy atom. The molecule has 4 aromatic rings. The van der Waals surface area contributed by atoms with Crippen LogP contribution in [0.4, 0.5) is 4.39 Å². The molecule has 0 saturated carbocycles. The Bertz CT molecular complexity index is 1730. The van der Waals surface area contributed by atoms with Gasteiger partial charge in [-0.1, -0.05) is 11.3 Å². The summed E-state index contributed by atoms with van der Waals surface area (Å²) in [5.74, 6) is -0.793. The van der Waals surface area contributed by atoms with Crippen LogP contribution < -0.4 is 21.7 Å². The molecule has 0 fully saturated rings. The van der Waals surface area contributed by atoms with Crippen molar-refractivity contribution >= 4 is 27.5 Å². The maximum atomic E-state index is 13.9. The van der Waals surface area contributed by atoms with Crippen LogP contribution in [0.1, 0.15) is 38.8 Å². The monoisotopic (exact) mass is 585 g/mol. The highest BCUT2D eigenvalue weighted by Crippen LogP contribution is 2.31. The van der Waals surface area contributed by atoms with Gasteiger partial charge in [0.05, 0.1) is 43.0 Å². The van der Waals surface area contributed by atoms with Gasteiger partial charge in [-0.3, -0.25) is 14.2 Å². The minimum Gasteiger partial charge on any atom is -0.496 e. The van der Waals surface area contributed by atoms with Crippen molar-refractivity contribution < 1.29 is 19.0 Å². The zero-order valence-corrected chi connectivity index (χ0v) is 24.5. The number of methoxy groups -OCH3 is 1. The molecule has 14 heteroatoms. The second kappa shape index (κ2) is 12.0. The molecular formula is C27H32FN7O5S. The number of ether oxygens (including phenoxy) is 1. The first-order valence-corrected chi connectivity index (χ1v) is 13.3. The first-order valence-electron chi connectivity index (χ1n) is 12.5. The summed E-state index contributed by atoms with van der Waals surface area (Å²) >= 11 is 1.18. The Morgan fingerprint density at radius 2 is 1.85 bits per heavy atom. The zero-order chi connectivity index (χ0) is 30.7. The molecule has 0 aliphatic carbocycles. The highest BCUT2D eigenvalue weighted by atomic mass is 32.1. The van der Waals surface area contributed by atoms with E-state index in [1.165, 1.54) is 72.3 Å². The summed E-state index contributed by atoms with van der Waals surface area (Å²) in [6.07, 6.45) is 3.24.